The number of furan rings is 1. The van der Waals surface area contributed by atoms with Crippen molar-refractivity contribution in [3.05, 3.63) is 71.2 Å². The van der Waals surface area contributed by atoms with Gasteiger partial charge in [0.15, 0.2) is 0 Å². The van der Waals surface area contributed by atoms with Crippen LogP contribution in [0.4, 0.5) is 0 Å². The zero-order valence-electron chi connectivity index (χ0n) is 13.9. The minimum atomic E-state index is -0.0877. The number of benzene rings is 1. The van der Waals surface area contributed by atoms with Gasteiger partial charge in [-0.15, -0.1) is 6.58 Å². The zero-order chi connectivity index (χ0) is 15.9. The highest BCUT2D eigenvalue weighted by Gasteiger charge is 2.25. The van der Waals surface area contributed by atoms with Gasteiger partial charge in [-0.25, -0.2) is 0 Å². The lowest BCUT2D eigenvalue weighted by molar-refractivity contribution is 0.134. The van der Waals surface area contributed by atoms with E-state index in [4.69, 9.17) is 9.15 Å². The van der Waals surface area contributed by atoms with E-state index in [1.165, 1.54) is 11.1 Å². The number of unbranched alkanes of at least 4 members (excludes halogenated alkanes) is 1. The summed E-state index contributed by atoms with van der Waals surface area (Å²) in [6, 6.07) is 10.3. The first-order valence-corrected chi connectivity index (χ1v) is 8.02. The number of rotatable bonds is 8. The fraction of sp³-hybridized carbons (Fsp3) is 0.400. The van der Waals surface area contributed by atoms with E-state index < -0.39 is 0 Å². The first-order valence-electron chi connectivity index (χ1n) is 8.02. The molecule has 0 saturated carbocycles. The Bertz CT molecular complexity index is 596. The molecule has 0 aliphatic carbocycles. The van der Waals surface area contributed by atoms with Crippen LogP contribution in [0.1, 0.15) is 54.1 Å². The molecule has 2 aromatic rings. The van der Waals surface area contributed by atoms with Crippen molar-refractivity contribution in [1.82, 2.24) is 0 Å². The summed E-state index contributed by atoms with van der Waals surface area (Å²) >= 11 is 0. The Balaban J connectivity index is 2.47. The fourth-order valence-corrected chi connectivity index (χ4v) is 2.96. The summed E-state index contributed by atoms with van der Waals surface area (Å²) in [6.45, 7) is 8.14. The summed E-state index contributed by atoms with van der Waals surface area (Å²) in [6.07, 6.45) is 5.95. The molecule has 22 heavy (non-hydrogen) atoms. The highest BCUT2D eigenvalue weighted by molar-refractivity contribution is 5.41. The summed E-state index contributed by atoms with van der Waals surface area (Å²) in [7, 11) is 1.76. The molecule has 118 valence electrons. The fourth-order valence-electron chi connectivity index (χ4n) is 2.96. The van der Waals surface area contributed by atoms with Gasteiger partial charge >= 0.3 is 0 Å². The minimum absolute atomic E-state index is 0.0877. The van der Waals surface area contributed by atoms with Gasteiger partial charge in [0.2, 0.25) is 0 Å². The molecule has 1 atom stereocenters. The Labute approximate surface area is 133 Å². The van der Waals surface area contributed by atoms with Gasteiger partial charge in [0.25, 0.3) is 0 Å². The van der Waals surface area contributed by atoms with Gasteiger partial charge in [-0.3, -0.25) is 0 Å². The van der Waals surface area contributed by atoms with Gasteiger partial charge < -0.3 is 9.15 Å². The molecule has 1 heterocycles. The van der Waals surface area contributed by atoms with Crippen LogP contribution in [0.2, 0.25) is 0 Å². The maximum absolute atomic E-state index is 6.08. The van der Waals surface area contributed by atoms with Crippen LogP contribution in [0.15, 0.2) is 47.4 Å². The summed E-state index contributed by atoms with van der Waals surface area (Å²) in [5.41, 5.74) is 3.57. The number of methoxy groups -OCH3 is 1. The second-order valence-corrected chi connectivity index (χ2v) is 5.60. The maximum Gasteiger partial charge on any atom is 0.111 e. The SMILES string of the molecule is C=CCc1c(CCCC)oc(C)c1C(OC)c1ccccc1. The van der Waals surface area contributed by atoms with Gasteiger partial charge in [-0.2, -0.15) is 0 Å². The third kappa shape index (κ3) is 3.50. The molecule has 1 unspecified atom stereocenters. The monoisotopic (exact) mass is 298 g/mol. The average molecular weight is 298 g/mol. The number of aryl methyl sites for hydroxylation is 2. The topological polar surface area (TPSA) is 22.4 Å². The van der Waals surface area contributed by atoms with Gasteiger partial charge in [0.05, 0.1) is 0 Å². The molecule has 2 heteroatoms. The van der Waals surface area contributed by atoms with E-state index >= 15 is 0 Å². The van der Waals surface area contributed by atoms with Crippen molar-refractivity contribution in [2.45, 2.75) is 45.6 Å². The van der Waals surface area contributed by atoms with Crippen LogP contribution in [0.5, 0.6) is 0 Å². The van der Waals surface area contributed by atoms with E-state index in [1.807, 2.05) is 31.2 Å². The third-order valence-electron chi connectivity index (χ3n) is 4.02. The van der Waals surface area contributed by atoms with Gasteiger partial charge in [0, 0.05) is 24.7 Å². The Morgan fingerprint density at radius 1 is 1.27 bits per heavy atom. The van der Waals surface area contributed by atoms with Crippen molar-refractivity contribution >= 4 is 0 Å². The first-order chi connectivity index (χ1) is 10.7. The first kappa shape index (κ1) is 16.6. The molecule has 2 nitrogen and oxygen atoms in total. The number of hydrogen-bond acceptors (Lipinski definition) is 2. The lowest BCUT2D eigenvalue weighted by Crippen LogP contribution is -2.07. The van der Waals surface area contributed by atoms with Crippen molar-refractivity contribution in [2.24, 2.45) is 0 Å². The lowest BCUT2D eigenvalue weighted by Gasteiger charge is -2.17. The number of hydrogen-bond donors (Lipinski definition) is 0. The van der Waals surface area contributed by atoms with Crippen molar-refractivity contribution < 1.29 is 9.15 Å². The molecule has 0 amide bonds. The summed E-state index contributed by atoms with van der Waals surface area (Å²) < 4.78 is 11.9. The van der Waals surface area contributed by atoms with E-state index in [-0.39, 0.29) is 6.10 Å². The smallest absolute Gasteiger partial charge is 0.111 e. The molecular weight excluding hydrogens is 272 g/mol. The van der Waals surface area contributed by atoms with Gasteiger partial charge in [-0.1, -0.05) is 49.8 Å². The van der Waals surface area contributed by atoms with Crippen LogP contribution >= 0.6 is 0 Å². The molecule has 1 aromatic heterocycles. The van der Waals surface area contributed by atoms with Crippen LogP contribution in [0, 0.1) is 6.92 Å². The second-order valence-electron chi connectivity index (χ2n) is 5.60. The van der Waals surface area contributed by atoms with Crippen LogP contribution in [-0.4, -0.2) is 7.11 Å². The molecule has 1 aromatic carbocycles. The molecule has 0 spiro atoms. The molecule has 0 aliphatic rings. The van der Waals surface area contributed by atoms with Crippen LogP contribution in [0.25, 0.3) is 0 Å². The Morgan fingerprint density at radius 3 is 2.59 bits per heavy atom. The van der Waals surface area contributed by atoms with Crippen molar-refractivity contribution in [3.63, 3.8) is 0 Å². The minimum Gasteiger partial charge on any atom is -0.466 e. The highest BCUT2D eigenvalue weighted by Crippen LogP contribution is 2.35. The second kappa shape index (κ2) is 8.00. The molecule has 0 aliphatic heterocycles. The summed E-state index contributed by atoms with van der Waals surface area (Å²) in [4.78, 5) is 0. The molecule has 0 bridgehead atoms. The standard InChI is InChI=1S/C20H26O2/c1-5-7-14-18-17(11-6-2)19(15(3)22-18)20(21-4)16-12-9-8-10-13-16/h6,8-10,12-13,20H,2,5,7,11,14H2,1,3-4H3. The molecule has 2 rings (SSSR count). The van der Waals surface area contributed by atoms with E-state index in [0.717, 1.165) is 42.8 Å². The van der Waals surface area contributed by atoms with Crippen molar-refractivity contribution in [1.29, 1.82) is 0 Å². The van der Waals surface area contributed by atoms with E-state index in [1.54, 1.807) is 7.11 Å². The number of ether oxygens (including phenoxy) is 1. The summed E-state index contributed by atoms with van der Waals surface area (Å²) in [5.74, 6) is 2.05. The predicted molar refractivity (Wildman–Crippen MR) is 91.3 cm³/mol. The maximum atomic E-state index is 6.08. The normalized spacial score (nSPS) is 12.3. The largest absolute Gasteiger partial charge is 0.466 e. The molecule has 0 N–H and O–H groups in total. The van der Waals surface area contributed by atoms with Gasteiger partial charge in [-0.05, 0) is 25.3 Å². The quantitative estimate of drug-likeness (QED) is 0.609. The third-order valence-corrected chi connectivity index (χ3v) is 4.02. The molecule has 0 radical (unpaired) electrons. The van der Waals surface area contributed by atoms with Crippen LogP contribution < -0.4 is 0 Å². The zero-order valence-corrected chi connectivity index (χ0v) is 13.9. The van der Waals surface area contributed by atoms with E-state index in [2.05, 4.69) is 25.6 Å². The molecular formula is C20H26O2. The van der Waals surface area contributed by atoms with Crippen LogP contribution in [0.3, 0.4) is 0 Å². The van der Waals surface area contributed by atoms with Crippen LogP contribution in [-0.2, 0) is 17.6 Å². The summed E-state index contributed by atoms with van der Waals surface area (Å²) in [5, 5.41) is 0. The Morgan fingerprint density at radius 2 is 2.00 bits per heavy atom. The lowest BCUT2D eigenvalue weighted by atomic mass is 9.94. The Hall–Kier alpha value is -1.80. The molecule has 0 saturated heterocycles. The van der Waals surface area contributed by atoms with Crippen molar-refractivity contribution in [3.8, 4) is 0 Å². The highest BCUT2D eigenvalue weighted by atomic mass is 16.5. The predicted octanol–water partition coefficient (Wildman–Crippen LogP) is 5.39. The molecule has 0 fully saturated rings. The van der Waals surface area contributed by atoms with E-state index in [9.17, 15) is 0 Å². The van der Waals surface area contributed by atoms with Gasteiger partial charge in [0.1, 0.15) is 17.6 Å². The number of allylic oxidation sites excluding steroid dienone is 1. The van der Waals surface area contributed by atoms with E-state index in [0.29, 0.717) is 0 Å². The Kier molecular flexibility index (Phi) is 6.02. The average Bonchev–Trinajstić information content (AvgIpc) is 2.84. The van der Waals surface area contributed by atoms with Crippen molar-refractivity contribution in [2.75, 3.05) is 7.11 Å².